The molecule has 0 aliphatic carbocycles. The van der Waals surface area contributed by atoms with Crippen LogP contribution in [0.25, 0.3) is 0 Å². The molecular weight excluding hydrogens is 424 g/mol. The summed E-state index contributed by atoms with van der Waals surface area (Å²) in [5.41, 5.74) is 0.102. The van der Waals surface area contributed by atoms with Crippen LogP contribution in [0, 0.1) is 5.41 Å². The molecule has 2 unspecified atom stereocenters. The zero-order valence-corrected chi connectivity index (χ0v) is 19.0. The van der Waals surface area contributed by atoms with Crippen LogP contribution in [-0.2, 0) is 6.54 Å². The third-order valence-corrected chi connectivity index (χ3v) is 6.45. The number of anilines is 1. The maximum Gasteiger partial charge on any atom is 0.407 e. The molecule has 30 heavy (non-hydrogen) atoms. The van der Waals surface area contributed by atoms with E-state index < -0.39 is 11.5 Å². The Morgan fingerprint density at radius 1 is 1.43 bits per heavy atom. The fourth-order valence-corrected chi connectivity index (χ4v) is 4.73. The van der Waals surface area contributed by atoms with E-state index in [0.29, 0.717) is 36.1 Å². The lowest BCUT2D eigenvalue weighted by atomic mass is 9.94. The third kappa shape index (κ3) is 4.70. The average Bonchev–Trinajstić information content (AvgIpc) is 3.36. The summed E-state index contributed by atoms with van der Waals surface area (Å²) in [6, 6.07) is 5.41. The van der Waals surface area contributed by atoms with Crippen LogP contribution in [0.3, 0.4) is 0 Å². The standard InChI is InChI=1S/C21H27ClN4O3S/c1-5-6-16-14(9-10-25(16)20(28)29)15-11-18(23-12-13-7-8-17(22)30-13)26(24-15)19(27)21(2,3)4/h5,7-8,11,14,16,23H,1,6,9-10,12H2,2-4H3,(H,28,29). The molecule has 162 valence electrons. The first kappa shape index (κ1) is 22.4. The van der Waals surface area contributed by atoms with Crippen molar-refractivity contribution in [2.24, 2.45) is 5.41 Å². The minimum absolute atomic E-state index is 0.0927. The molecule has 9 heteroatoms. The molecule has 2 aromatic heterocycles. The van der Waals surface area contributed by atoms with Crippen molar-refractivity contribution < 1.29 is 14.7 Å². The van der Waals surface area contributed by atoms with Gasteiger partial charge in [0.05, 0.1) is 16.6 Å². The highest BCUT2D eigenvalue weighted by molar-refractivity contribution is 7.16. The predicted molar refractivity (Wildman–Crippen MR) is 120 cm³/mol. The van der Waals surface area contributed by atoms with Crippen molar-refractivity contribution in [3.05, 3.63) is 45.8 Å². The molecule has 1 fully saturated rings. The van der Waals surface area contributed by atoms with Gasteiger partial charge in [-0.3, -0.25) is 4.79 Å². The van der Waals surface area contributed by atoms with E-state index in [1.165, 1.54) is 20.9 Å². The van der Waals surface area contributed by atoms with E-state index in [1.807, 2.05) is 39.0 Å². The van der Waals surface area contributed by atoms with E-state index in [4.69, 9.17) is 11.6 Å². The summed E-state index contributed by atoms with van der Waals surface area (Å²) >= 11 is 7.49. The Labute approximate surface area is 185 Å². The number of likely N-dealkylation sites (tertiary alicyclic amines) is 1. The Bertz CT molecular complexity index is 946. The molecule has 0 saturated carbocycles. The molecule has 2 atom stereocenters. The molecule has 0 bridgehead atoms. The van der Waals surface area contributed by atoms with Gasteiger partial charge in [0.2, 0.25) is 0 Å². The van der Waals surface area contributed by atoms with E-state index in [9.17, 15) is 14.7 Å². The summed E-state index contributed by atoms with van der Waals surface area (Å²) in [6.45, 7) is 10.3. The van der Waals surface area contributed by atoms with Crippen LogP contribution >= 0.6 is 22.9 Å². The van der Waals surface area contributed by atoms with Gasteiger partial charge < -0.3 is 15.3 Å². The summed E-state index contributed by atoms with van der Waals surface area (Å²) in [6.07, 6.45) is 1.98. The van der Waals surface area contributed by atoms with E-state index >= 15 is 0 Å². The number of hydrogen-bond donors (Lipinski definition) is 2. The second kappa shape index (κ2) is 8.81. The minimum atomic E-state index is -0.942. The van der Waals surface area contributed by atoms with Crippen LogP contribution in [-0.4, -0.2) is 44.4 Å². The summed E-state index contributed by atoms with van der Waals surface area (Å²) in [5, 5.41) is 17.5. The molecule has 3 heterocycles. The van der Waals surface area contributed by atoms with Gasteiger partial charge in [0.25, 0.3) is 5.91 Å². The number of hydrogen-bond acceptors (Lipinski definition) is 5. The van der Waals surface area contributed by atoms with E-state index in [2.05, 4.69) is 17.0 Å². The summed E-state index contributed by atoms with van der Waals surface area (Å²) in [4.78, 5) is 27.1. The Hall–Kier alpha value is -2.32. The number of thiophene rings is 1. The number of nitrogens with one attached hydrogen (secondary N) is 1. The lowest BCUT2D eigenvalue weighted by Gasteiger charge is -2.24. The smallest absolute Gasteiger partial charge is 0.407 e. The van der Waals surface area contributed by atoms with Gasteiger partial charge in [-0.2, -0.15) is 9.78 Å². The van der Waals surface area contributed by atoms with Crippen molar-refractivity contribution in [2.45, 2.75) is 52.1 Å². The Morgan fingerprint density at radius 2 is 2.17 bits per heavy atom. The number of carbonyl (C=O) groups excluding carboxylic acids is 1. The number of halogens is 1. The summed E-state index contributed by atoms with van der Waals surface area (Å²) in [5.74, 6) is 0.374. The SMILES string of the molecule is C=CCC1C(c2cc(NCc3ccc(Cl)s3)n(C(=O)C(C)(C)C)n2)CCN1C(=O)O. The Morgan fingerprint density at radius 3 is 2.73 bits per heavy atom. The number of amides is 1. The molecule has 0 radical (unpaired) electrons. The maximum absolute atomic E-state index is 13.0. The molecular formula is C21H27ClN4O3S. The molecule has 7 nitrogen and oxygen atoms in total. The average molecular weight is 451 g/mol. The molecule has 1 saturated heterocycles. The van der Waals surface area contributed by atoms with Crippen LogP contribution in [0.4, 0.5) is 10.6 Å². The Kier molecular flexibility index (Phi) is 6.57. The van der Waals surface area contributed by atoms with Crippen LogP contribution in [0.5, 0.6) is 0 Å². The first-order valence-corrected chi connectivity index (χ1v) is 11.0. The quantitative estimate of drug-likeness (QED) is 0.582. The topological polar surface area (TPSA) is 87.5 Å². The van der Waals surface area contributed by atoms with Gasteiger partial charge in [0, 0.05) is 34.9 Å². The monoisotopic (exact) mass is 450 g/mol. The molecule has 1 aliphatic rings. The number of carboxylic acid groups (broad SMARTS) is 1. The Balaban J connectivity index is 1.93. The summed E-state index contributed by atoms with van der Waals surface area (Å²) < 4.78 is 2.12. The molecule has 0 aromatic carbocycles. The van der Waals surface area contributed by atoms with Crippen LogP contribution in [0.2, 0.25) is 4.34 Å². The van der Waals surface area contributed by atoms with Gasteiger partial charge in [-0.15, -0.1) is 17.9 Å². The van der Waals surface area contributed by atoms with Gasteiger partial charge in [-0.25, -0.2) is 4.79 Å². The second-order valence-corrected chi connectivity index (χ2v) is 10.2. The second-order valence-electron chi connectivity index (χ2n) is 8.44. The van der Waals surface area contributed by atoms with Crippen molar-refractivity contribution in [1.29, 1.82) is 0 Å². The van der Waals surface area contributed by atoms with Gasteiger partial charge >= 0.3 is 6.09 Å². The van der Waals surface area contributed by atoms with E-state index in [0.717, 1.165) is 10.6 Å². The molecule has 3 rings (SSSR count). The fraction of sp³-hybridized carbons (Fsp3) is 0.476. The lowest BCUT2D eigenvalue weighted by molar-refractivity contribution is 0.0750. The van der Waals surface area contributed by atoms with Gasteiger partial charge in [-0.1, -0.05) is 38.4 Å². The highest BCUT2D eigenvalue weighted by Crippen LogP contribution is 2.36. The van der Waals surface area contributed by atoms with Crippen molar-refractivity contribution >= 4 is 40.8 Å². The highest BCUT2D eigenvalue weighted by atomic mass is 35.5. The van der Waals surface area contributed by atoms with E-state index in [-0.39, 0.29) is 17.9 Å². The number of aromatic nitrogens is 2. The zero-order valence-electron chi connectivity index (χ0n) is 17.4. The molecule has 2 N–H and O–H groups in total. The number of rotatable bonds is 6. The van der Waals surface area contributed by atoms with Crippen molar-refractivity contribution in [3.63, 3.8) is 0 Å². The van der Waals surface area contributed by atoms with Crippen molar-refractivity contribution in [1.82, 2.24) is 14.7 Å². The van der Waals surface area contributed by atoms with Gasteiger partial charge in [0.1, 0.15) is 5.82 Å². The first-order chi connectivity index (χ1) is 14.1. The normalized spacial score (nSPS) is 19.1. The highest BCUT2D eigenvalue weighted by Gasteiger charge is 2.39. The summed E-state index contributed by atoms with van der Waals surface area (Å²) in [7, 11) is 0. The van der Waals surface area contributed by atoms with E-state index in [1.54, 1.807) is 6.08 Å². The largest absolute Gasteiger partial charge is 0.465 e. The van der Waals surface area contributed by atoms with Crippen LogP contribution in [0.15, 0.2) is 30.9 Å². The predicted octanol–water partition coefficient (Wildman–Crippen LogP) is 5.31. The molecule has 0 spiro atoms. The first-order valence-electron chi connectivity index (χ1n) is 9.85. The minimum Gasteiger partial charge on any atom is -0.465 e. The third-order valence-electron chi connectivity index (χ3n) is 5.21. The number of nitrogens with zero attached hydrogens (tertiary/aromatic N) is 3. The zero-order chi connectivity index (χ0) is 22.1. The lowest BCUT2D eigenvalue weighted by Crippen LogP contribution is -2.36. The fourth-order valence-electron chi connectivity index (χ4n) is 3.70. The van der Waals surface area contributed by atoms with Crippen LogP contribution < -0.4 is 5.32 Å². The van der Waals surface area contributed by atoms with Crippen molar-refractivity contribution in [2.75, 3.05) is 11.9 Å². The van der Waals surface area contributed by atoms with Gasteiger partial charge in [-0.05, 0) is 25.0 Å². The molecule has 1 aliphatic heterocycles. The molecule has 1 amide bonds. The molecule has 2 aromatic rings. The van der Waals surface area contributed by atoms with Crippen LogP contribution in [0.1, 0.15) is 54.9 Å². The van der Waals surface area contributed by atoms with Gasteiger partial charge in [0.15, 0.2) is 0 Å². The number of carbonyl (C=O) groups is 2. The maximum atomic E-state index is 13.0. The van der Waals surface area contributed by atoms with Crippen molar-refractivity contribution in [3.8, 4) is 0 Å².